The van der Waals surface area contributed by atoms with E-state index in [0.717, 1.165) is 0 Å². The smallest absolute Gasteiger partial charge is 0.277 e. The Morgan fingerprint density at radius 3 is 2.85 bits per heavy atom. The van der Waals surface area contributed by atoms with E-state index < -0.39 is 5.92 Å². The Hall–Kier alpha value is -1.12. The lowest BCUT2D eigenvalue weighted by Gasteiger charge is -2.13. The molecule has 13 heavy (non-hydrogen) atoms. The Labute approximate surface area is 75.3 Å². The summed E-state index contributed by atoms with van der Waals surface area (Å²) in [6, 6.07) is 5.07. The van der Waals surface area contributed by atoms with E-state index in [-0.39, 0.29) is 12.0 Å². The van der Waals surface area contributed by atoms with Crippen molar-refractivity contribution in [2.75, 3.05) is 7.11 Å². The van der Waals surface area contributed by atoms with E-state index in [9.17, 15) is 8.78 Å². The number of benzene rings is 1. The summed E-state index contributed by atoms with van der Waals surface area (Å²) in [4.78, 5) is 0. The van der Waals surface area contributed by atoms with Crippen LogP contribution in [0, 0.1) is 0 Å². The van der Waals surface area contributed by atoms with Crippen molar-refractivity contribution in [1.82, 2.24) is 0 Å². The van der Waals surface area contributed by atoms with E-state index in [1.165, 1.54) is 7.11 Å². The van der Waals surface area contributed by atoms with Gasteiger partial charge in [-0.2, -0.15) is 0 Å². The molecule has 1 aromatic rings. The highest BCUT2D eigenvalue weighted by Crippen LogP contribution is 2.46. The summed E-state index contributed by atoms with van der Waals surface area (Å²) >= 11 is 0. The molecule has 0 amide bonds. The predicted molar refractivity (Wildman–Crippen MR) is 45.2 cm³/mol. The Kier molecular flexibility index (Phi) is 1.75. The third-order valence-corrected chi connectivity index (χ3v) is 2.41. The summed E-state index contributed by atoms with van der Waals surface area (Å²) < 4.78 is 31.5. The summed E-state index contributed by atoms with van der Waals surface area (Å²) in [7, 11) is 1.42. The van der Waals surface area contributed by atoms with Gasteiger partial charge in [-0.25, -0.2) is 8.78 Å². The number of hydrogen-bond acceptors (Lipinski definition) is 1. The molecule has 70 valence electrons. The summed E-state index contributed by atoms with van der Waals surface area (Å²) in [5.41, 5.74) is 0.793. The zero-order chi connectivity index (χ0) is 9.47. The van der Waals surface area contributed by atoms with Gasteiger partial charge in [0.25, 0.3) is 5.92 Å². The van der Waals surface area contributed by atoms with Crippen LogP contribution in [0.4, 0.5) is 8.78 Å². The van der Waals surface area contributed by atoms with Crippen molar-refractivity contribution in [3.8, 4) is 5.75 Å². The number of halogens is 2. The monoisotopic (exact) mass is 184 g/mol. The number of fused-ring (bicyclic) bond motifs is 1. The lowest BCUT2D eigenvalue weighted by Crippen LogP contribution is -2.09. The molecule has 0 aromatic heterocycles. The first-order valence-electron chi connectivity index (χ1n) is 4.19. The van der Waals surface area contributed by atoms with E-state index >= 15 is 0 Å². The molecule has 1 aliphatic carbocycles. The largest absolute Gasteiger partial charge is 0.496 e. The molecule has 0 saturated carbocycles. The van der Waals surface area contributed by atoms with Crippen molar-refractivity contribution in [2.45, 2.75) is 18.8 Å². The molecule has 1 aromatic carbocycles. The number of ether oxygens (including phenoxy) is 1. The highest BCUT2D eigenvalue weighted by molar-refractivity contribution is 5.46. The summed E-state index contributed by atoms with van der Waals surface area (Å²) in [5, 5.41) is 0. The molecule has 2 rings (SSSR count). The first-order chi connectivity index (χ1) is 6.15. The summed E-state index contributed by atoms with van der Waals surface area (Å²) in [5.74, 6) is -2.40. The van der Waals surface area contributed by atoms with E-state index in [0.29, 0.717) is 17.7 Å². The van der Waals surface area contributed by atoms with E-state index in [1.54, 1.807) is 18.2 Å². The molecule has 0 fully saturated rings. The van der Waals surface area contributed by atoms with Gasteiger partial charge in [-0.1, -0.05) is 12.1 Å². The first-order valence-corrected chi connectivity index (χ1v) is 4.19. The van der Waals surface area contributed by atoms with Crippen LogP contribution in [0.2, 0.25) is 0 Å². The maximum atomic E-state index is 13.3. The van der Waals surface area contributed by atoms with Crippen LogP contribution in [0.1, 0.15) is 17.5 Å². The van der Waals surface area contributed by atoms with Crippen LogP contribution in [0.5, 0.6) is 5.75 Å². The van der Waals surface area contributed by atoms with E-state index in [1.807, 2.05) is 0 Å². The molecular formula is C10H10F2O. The van der Waals surface area contributed by atoms with Crippen molar-refractivity contribution in [2.24, 2.45) is 0 Å². The number of hydrogen-bond donors (Lipinski definition) is 0. The lowest BCUT2D eigenvalue weighted by molar-refractivity contribution is -0.00379. The molecule has 0 aliphatic heterocycles. The van der Waals surface area contributed by atoms with E-state index in [2.05, 4.69) is 0 Å². The number of methoxy groups -OCH3 is 1. The van der Waals surface area contributed by atoms with Crippen molar-refractivity contribution < 1.29 is 13.5 Å². The third kappa shape index (κ3) is 1.19. The zero-order valence-corrected chi connectivity index (χ0v) is 7.31. The molecule has 0 atom stereocenters. The predicted octanol–water partition coefficient (Wildman–Crippen LogP) is 2.73. The second kappa shape index (κ2) is 2.69. The maximum absolute atomic E-state index is 13.3. The van der Waals surface area contributed by atoms with E-state index in [4.69, 9.17) is 4.74 Å². The van der Waals surface area contributed by atoms with Gasteiger partial charge in [0.15, 0.2) is 0 Å². The Morgan fingerprint density at radius 1 is 1.38 bits per heavy atom. The maximum Gasteiger partial charge on any atom is 0.277 e. The fourth-order valence-electron chi connectivity index (χ4n) is 1.79. The van der Waals surface area contributed by atoms with Crippen molar-refractivity contribution in [3.05, 3.63) is 29.3 Å². The molecule has 0 unspecified atom stereocenters. The van der Waals surface area contributed by atoms with Gasteiger partial charge in [0.2, 0.25) is 0 Å². The topological polar surface area (TPSA) is 9.23 Å². The lowest BCUT2D eigenvalue weighted by atomic mass is 10.1. The van der Waals surface area contributed by atoms with Gasteiger partial charge in [0, 0.05) is 6.42 Å². The molecule has 0 bridgehead atoms. The number of rotatable bonds is 1. The average molecular weight is 184 g/mol. The molecule has 0 heterocycles. The SMILES string of the molecule is COc1cccc2c1C(F)(F)CC2. The summed E-state index contributed by atoms with van der Waals surface area (Å²) in [6.45, 7) is 0. The van der Waals surface area contributed by atoms with Gasteiger partial charge in [-0.15, -0.1) is 0 Å². The molecule has 0 N–H and O–H groups in total. The van der Waals surface area contributed by atoms with Gasteiger partial charge in [0.1, 0.15) is 5.75 Å². The fraction of sp³-hybridized carbons (Fsp3) is 0.400. The Bertz CT molecular complexity index is 334. The fourth-order valence-corrected chi connectivity index (χ4v) is 1.79. The van der Waals surface area contributed by atoms with Crippen LogP contribution in [0.3, 0.4) is 0 Å². The molecule has 0 radical (unpaired) electrons. The van der Waals surface area contributed by atoms with Gasteiger partial charge < -0.3 is 4.74 Å². The molecule has 1 nitrogen and oxygen atoms in total. The van der Waals surface area contributed by atoms with Gasteiger partial charge in [0.05, 0.1) is 12.7 Å². The van der Waals surface area contributed by atoms with Crippen LogP contribution in [0.25, 0.3) is 0 Å². The molecule has 0 saturated heterocycles. The second-order valence-electron chi connectivity index (χ2n) is 3.20. The van der Waals surface area contributed by atoms with Gasteiger partial charge in [-0.3, -0.25) is 0 Å². The Balaban J connectivity index is 2.60. The standard InChI is InChI=1S/C10H10F2O/c1-13-8-4-2-3-7-5-6-10(11,12)9(7)8/h2-4H,5-6H2,1H3. The Morgan fingerprint density at radius 2 is 2.15 bits per heavy atom. The van der Waals surface area contributed by atoms with Gasteiger partial charge >= 0.3 is 0 Å². The van der Waals surface area contributed by atoms with Crippen molar-refractivity contribution in [1.29, 1.82) is 0 Å². The van der Waals surface area contributed by atoms with Crippen LogP contribution >= 0.6 is 0 Å². The third-order valence-electron chi connectivity index (χ3n) is 2.41. The van der Waals surface area contributed by atoms with Gasteiger partial charge in [-0.05, 0) is 18.1 Å². The minimum absolute atomic E-state index is 0.0810. The van der Waals surface area contributed by atoms with Crippen LogP contribution in [-0.4, -0.2) is 7.11 Å². The van der Waals surface area contributed by atoms with Crippen LogP contribution < -0.4 is 4.74 Å². The zero-order valence-electron chi connectivity index (χ0n) is 7.31. The highest BCUT2D eigenvalue weighted by atomic mass is 19.3. The number of alkyl halides is 2. The first kappa shape index (κ1) is 8.48. The quantitative estimate of drug-likeness (QED) is 0.652. The molecular weight excluding hydrogens is 174 g/mol. The van der Waals surface area contributed by atoms with Crippen LogP contribution in [0.15, 0.2) is 18.2 Å². The van der Waals surface area contributed by atoms with Crippen molar-refractivity contribution >= 4 is 0 Å². The van der Waals surface area contributed by atoms with Crippen molar-refractivity contribution in [3.63, 3.8) is 0 Å². The second-order valence-corrected chi connectivity index (χ2v) is 3.20. The highest BCUT2D eigenvalue weighted by Gasteiger charge is 2.41. The summed E-state index contributed by atoms with van der Waals surface area (Å²) in [6.07, 6.45) is 0.349. The minimum atomic E-state index is -2.71. The average Bonchev–Trinajstić information content (AvgIpc) is 2.43. The minimum Gasteiger partial charge on any atom is -0.496 e. The normalized spacial score (nSPS) is 18.4. The molecule has 1 aliphatic rings. The molecule has 0 spiro atoms. The van der Waals surface area contributed by atoms with Crippen LogP contribution in [-0.2, 0) is 12.3 Å². The number of aryl methyl sites for hydroxylation is 1. The molecule has 3 heteroatoms.